The monoisotopic (exact) mass is 229 g/mol. The first-order chi connectivity index (χ1) is 7.24. The molecule has 0 atom stereocenters. The van der Waals surface area contributed by atoms with Crippen LogP contribution in [0.4, 0.5) is 0 Å². The maximum atomic E-state index is 10.8. The summed E-state index contributed by atoms with van der Waals surface area (Å²) in [7, 11) is 1.55. The molecule has 1 amide bonds. The number of ether oxygens (including phenoxy) is 1. The number of carbonyl (C=O) groups excluding carboxylic acids is 1. The summed E-state index contributed by atoms with van der Waals surface area (Å²) in [5.41, 5.74) is 0. The summed E-state index contributed by atoms with van der Waals surface area (Å²) in [5, 5.41) is 2.95. The molecule has 0 bridgehead atoms. The van der Waals surface area contributed by atoms with Gasteiger partial charge < -0.3 is 10.1 Å². The first kappa shape index (κ1) is 13.8. The van der Waals surface area contributed by atoms with Crippen molar-refractivity contribution in [1.29, 1.82) is 0 Å². The second-order valence-corrected chi connectivity index (χ2v) is 2.80. The number of rotatable bonds is 3. The minimum atomic E-state index is -0.181. The van der Waals surface area contributed by atoms with Crippen LogP contribution >= 0.6 is 11.6 Å². The van der Waals surface area contributed by atoms with E-state index in [2.05, 4.69) is 5.32 Å². The van der Waals surface area contributed by atoms with E-state index in [0.717, 1.165) is 0 Å². The number of hydrogen-bond donors (Lipinski definition) is 1. The fourth-order valence-corrected chi connectivity index (χ4v) is 0.968. The van der Waals surface area contributed by atoms with Crippen LogP contribution in [0, 0.1) is 0 Å². The number of halogens is 1. The van der Waals surface area contributed by atoms with Gasteiger partial charge in [0.2, 0.25) is 0 Å². The molecule has 1 aromatic rings. The highest BCUT2D eigenvalue weighted by molar-refractivity contribution is 6.32. The highest BCUT2D eigenvalue weighted by atomic mass is 35.5. The summed E-state index contributed by atoms with van der Waals surface area (Å²) >= 11 is 5.79. The Kier molecular flexibility index (Phi) is 7.46. The first-order valence-electron chi connectivity index (χ1n) is 4.82. The number of nitrogens with one attached hydrogen (secondary N) is 1. The lowest BCUT2D eigenvalue weighted by atomic mass is 10.3. The van der Waals surface area contributed by atoms with Crippen molar-refractivity contribution >= 4 is 17.5 Å². The van der Waals surface area contributed by atoms with E-state index in [-0.39, 0.29) is 12.5 Å². The van der Waals surface area contributed by atoms with Gasteiger partial charge in [-0.2, -0.15) is 0 Å². The Balaban J connectivity index is 0.000000921. The van der Waals surface area contributed by atoms with Crippen molar-refractivity contribution in [2.45, 2.75) is 13.8 Å². The molecule has 0 saturated heterocycles. The van der Waals surface area contributed by atoms with Gasteiger partial charge in [0.05, 0.1) is 5.02 Å². The number of hydrogen-bond acceptors (Lipinski definition) is 2. The number of para-hydroxylation sites is 1. The smallest absolute Gasteiger partial charge is 0.257 e. The minimum Gasteiger partial charge on any atom is -0.482 e. The molecule has 4 heteroatoms. The third kappa shape index (κ3) is 5.27. The van der Waals surface area contributed by atoms with Gasteiger partial charge in [0, 0.05) is 7.05 Å². The molecule has 0 aliphatic rings. The van der Waals surface area contributed by atoms with Crippen LogP contribution in [0.3, 0.4) is 0 Å². The third-order valence-electron chi connectivity index (χ3n) is 1.47. The molecular formula is C11H16ClNO2. The van der Waals surface area contributed by atoms with Crippen molar-refractivity contribution in [3.8, 4) is 5.75 Å². The number of carbonyl (C=O) groups is 1. The first-order valence-corrected chi connectivity index (χ1v) is 5.19. The average molecular weight is 230 g/mol. The number of amides is 1. The molecular weight excluding hydrogens is 214 g/mol. The van der Waals surface area contributed by atoms with E-state index in [1.165, 1.54) is 0 Å². The number of benzene rings is 1. The van der Waals surface area contributed by atoms with Gasteiger partial charge in [0.15, 0.2) is 6.61 Å². The zero-order valence-corrected chi connectivity index (χ0v) is 9.97. The van der Waals surface area contributed by atoms with Gasteiger partial charge in [-0.1, -0.05) is 37.6 Å². The van der Waals surface area contributed by atoms with Gasteiger partial charge in [-0.25, -0.2) is 0 Å². The normalized spacial score (nSPS) is 8.53. The summed E-state index contributed by atoms with van der Waals surface area (Å²) in [4.78, 5) is 10.8. The van der Waals surface area contributed by atoms with E-state index in [0.29, 0.717) is 10.8 Å². The zero-order chi connectivity index (χ0) is 11.7. The molecule has 0 fully saturated rings. The van der Waals surface area contributed by atoms with Crippen LogP contribution in [-0.2, 0) is 4.79 Å². The van der Waals surface area contributed by atoms with E-state index in [9.17, 15) is 4.79 Å². The summed E-state index contributed by atoms with van der Waals surface area (Å²) < 4.78 is 5.15. The molecule has 0 heterocycles. The quantitative estimate of drug-likeness (QED) is 0.865. The summed E-state index contributed by atoms with van der Waals surface area (Å²) in [5.74, 6) is 0.340. The molecule has 3 nitrogen and oxygen atoms in total. The van der Waals surface area contributed by atoms with Gasteiger partial charge in [-0.05, 0) is 12.1 Å². The van der Waals surface area contributed by atoms with Gasteiger partial charge >= 0.3 is 0 Å². The Morgan fingerprint density at radius 1 is 1.40 bits per heavy atom. The summed E-state index contributed by atoms with van der Waals surface area (Å²) in [6, 6.07) is 7.02. The van der Waals surface area contributed by atoms with Crippen LogP contribution in [0.5, 0.6) is 5.75 Å². The predicted molar refractivity (Wildman–Crippen MR) is 62.4 cm³/mol. The van der Waals surface area contributed by atoms with Gasteiger partial charge in [-0.3, -0.25) is 4.79 Å². The van der Waals surface area contributed by atoms with Gasteiger partial charge in [0.25, 0.3) is 5.91 Å². The molecule has 0 unspecified atom stereocenters. The molecule has 1 aromatic carbocycles. The lowest BCUT2D eigenvalue weighted by molar-refractivity contribution is -0.122. The molecule has 0 aliphatic carbocycles. The van der Waals surface area contributed by atoms with E-state index < -0.39 is 0 Å². The number of likely N-dealkylation sites (N-methyl/N-ethyl adjacent to an activating group) is 1. The van der Waals surface area contributed by atoms with Crippen LogP contribution in [-0.4, -0.2) is 19.6 Å². The average Bonchev–Trinajstić information content (AvgIpc) is 2.30. The molecule has 0 aliphatic heterocycles. The molecule has 0 spiro atoms. The van der Waals surface area contributed by atoms with E-state index in [4.69, 9.17) is 16.3 Å². The van der Waals surface area contributed by atoms with Crippen LogP contribution in [0.2, 0.25) is 5.02 Å². The Bertz CT molecular complexity index is 302. The van der Waals surface area contributed by atoms with Crippen LogP contribution in [0.25, 0.3) is 0 Å². The largest absolute Gasteiger partial charge is 0.482 e. The molecule has 1 N–H and O–H groups in total. The summed E-state index contributed by atoms with van der Waals surface area (Å²) in [6.07, 6.45) is 0. The highest BCUT2D eigenvalue weighted by Crippen LogP contribution is 2.22. The van der Waals surface area contributed by atoms with Crippen LogP contribution in [0.15, 0.2) is 24.3 Å². The summed E-state index contributed by atoms with van der Waals surface area (Å²) in [6.45, 7) is 3.99. The van der Waals surface area contributed by atoms with Crippen molar-refractivity contribution in [3.63, 3.8) is 0 Å². The maximum absolute atomic E-state index is 10.8. The molecule has 84 valence electrons. The predicted octanol–water partition coefficient (Wildman–Crippen LogP) is 2.49. The lowest BCUT2D eigenvalue weighted by Crippen LogP contribution is -2.24. The molecule has 15 heavy (non-hydrogen) atoms. The fraction of sp³-hybridized carbons (Fsp3) is 0.364. The zero-order valence-electron chi connectivity index (χ0n) is 9.21. The Labute approximate surface area is 95.4 Å². The second-order valence-electron chi connectivity index (χ2n) is 2.39. The van der Waals surface area contributed by atoms with E-state index >= 15 is 0 Å². The third-order valence-corrected chi connectivity index (χ3v) is 1.79. The van der Waals surface area contributed by atoms with Gasteiger partial charge in [-0.15, -0.1) is 0 Å². The molecule has 0 aromatic heterocycles. The standard InChI is InChI=1S/C9H10ClNO2.C2H6/c1-11-9(12)6-13-8-5-3-2-4-7(8)10;1-2/h2-5H,6H2,1H3,(H,11,12);1-2H3. The van der Waals surface area contributed by atoms with Crippen molar-refractivity contribution in [1.82, 2.24) is 5.32 Å². The van der Waals surface area contributed by atoms with Crippen molar-refractivity contribution in [2.75, 3.05) is 13.7 Å². The van der Waals surface area contributed by atoms with Crippen LogP contribution < -0.4 is 10.1 Å². The van der Waals surface area contributed by atoms with Crippen molar-refractivity contribution in [2.24, 2.45) is 0 Å². The Morgan fingerprint density at radius 2 is 2.00 bits per heavy atom. The fourth-order valence-electron chi connectivity index (χ4n) is 0.777. The lowest BCUT2D eigenvalue weighted by Gasteiger charge is -2.05. The van der Waals surface area contributed by atoms with Crippen LogP contribution in [0.1, 0.15) is 13.8 Å². The topological polar surface area (TPSA) is 38.3 Å². The van der Waals surface area contributed by atoms with E-state index in [1.807, 2.05) is 13.8 Å². The Morgan fingerprint density at radius 3 is 2.53 bits per heavy atom. The Hall–Kier alpha value is -1.22. The van der Waals surface area contributed by atoms with Crippen molar-refractivity contribution < 1.29 is 9.53 Å². The molecule has 1 rings (SSSR count). The second kappa shape index (κ2) is 8.12. The maximum Gasteiger partial charge on any atom is 0.257 e. The minimum absolute atomic E-state index is 0.0137. The van der Waals surface area contributed by atoms with Crippen molar-refractivity contribution in [3.05, 3.63) is 29.3 Å². The van der Waals surface area contributed by atoms with E-state index in [1.54, 1.807) is 31.3 Å². The highest BCUT2D eigenvalue weighted by Gasteiger charge is 2.02. The molecule has 0 radical (unpaired) electrons. The SMILES string of the molecule is CC.CNC(=O)COc1ccccc1Cl. The van der Waals surface area contributed by atoms with Gasteiger partial charge in [0.1, 0.15) is 5.75 Å². The molecule has 0 saturated carbocycles.